The Morgan fingerprint density at radius 2 is 1.06 bits per heavy atom. The summed E-state index contributed by atoms with van der Waals surface area (Å²) in [5, 5.41) is 2.57. The summed E-state index contributed by atoms with van der Waals surface area (Å²) in [6, 6.07) is 22.5. The second-order valence-electron chi connectivity index (χ2n) is 9.13. The highest BCUT2D eigenvalue weighted by molar-refractivity contribution is 6.15. The van der Waals surface area contributed by atoms with Gasteiger partial charge in [0.25, 0.3) is 0 Å². The molecule has 0 unspecified atom stereocenters. The van der Waals surface area contributed by atoms with Crippen LogP contribution in [0.1, 0.15) is 33.4 Å². The van der Waals surface area contributed by atoms with E-state index >= 15 is 0 Å². The van der Waals surface area contributed by atoms with Gasteiger partial charge in [-0.15, -0.1) is 0 Å². The molecule has 0 radical (unpaired) electrons. The van der Waals surface area contributed by atoms with E-state index in [1.165, 1.54) is 77.4 Å². The summed E-state index contributed by atoms with van der Waals surface area (Å²) in [6.07, 6.45) is 0. The van der Waals surface area contributed by atoms with Crippen LogP contribution in [0, 0.1) is 41.5 Å². The van der Waals surface area contributed by atoms with Crippen molar-refractivity contribution in [1.82, 2.24) is 4.98 Å². The molecule has 0 aliphatic heterocycles. The lowest BCUT2D eigenvalue weighted by atomic mass is 9.84. The molecule has 1 aromatic heterocycles. The molecule has 1 nitrogen and oxygen atoms in total. The number of aromatic nitrogens is 1. The van der Waals surface area contributed by atoms with E-state index in [1.807, 2.05) is 0 Å². The third kappa shape index (κ3) is 3.08. The largest absolute Gasteiger partial charge is 0.354 e. The van der Waals surface area contributed by atoms with Crippen LogP contribution in [0.4, 0.5) is 0 Å². The molecule has 1 N–H and O–H groups in total. The molecule has 0 saturated heterocycles. The molecule has 0 aliphatic rings. The molecule has 5 aromatic rings. The molecular weight excluding hydrogens is 374 g/mol. The standard InChI is InChI=1S/C30H29N/c1-17-13-19(3)27(20(4)14-17)25-12-11-24-23-9-7-8-10-26(23)31-30(24)29(25)28-21(5)15-18(2)16-22(28)6/h7-16,31H,1-6H3. The second-order valence-corrected chi connectivity index (χ2v) is 9.13. The highest BCUT2D eigenvalue weighted by Gasteiger charge is 2.20. The molecule has 31 heavy (non-hydrogen) atoms. The maximum atomic E-state index is 3.77. The van der Waals surface area contributed by atoms with Gasteiger partial charge in [0.2, 0.25) is 0 Å². The van der Waals surface area contributed by atoms with Crippen LogP contribution in [0.5, 0.6) is 0 Å². The number of hydrogen-bond donors (Lipinski definition) is 1. The van der Waals surface area contributed by atoms with Gasteiger partial charge >= 0.3 is 0 Å². The molecule has 0 aliphatic carbocycles. The van der Waals surface area contributed by atoms with Crippen LogP contribution in [-0.2, 0) is 0 Å². The Balaban J connectivity index is 1.99. The van der Waals surface area contributed by atoms with Crippen molar-refractivity contribution >= 4 is 21.8 Å². The van der Waals surface area contributed by atoms with Crippen molar-refractivity contribution in [1.29, 1.82) is 0 Å². The van der Waals surface area contributed by atoms with Gasteiger partial charge in [-0.1, -0.05) is 65.7 Å². The van der Waals surface area contributed by atoms with Crippen molar-refractivity contribution < 1.29 is 0 Å². The first-order chi connectivity index (χ1) is 14.8. The van der Waals surface area contributed by atoms with Gasteiger partial charge < -0.3 is 4.98 Å². The zero-order valence-electron chi connectivity index (χ0n) is 19.3. The highest BCUT2D eigenvalue weighted by Crippen LogP contribution is 2.44. The lowest BCUT2D eigenvalue weighted by molar-refractivity contribution is 1.30. The first-order valence-corrected chi connectivity index (χ1v) is 11.0. The molecule has 5 rings (SSSR count). The summed E-state index contributed by atoms with van der Waals surface area (Å²) in [4.78, 5) is 3.77. The molecular formula is C30H29N. The molecule has 0 fully saturated rings. The van der Waals surface area contributed by atoms with Gasteiger partial charge in [0.1, 0.15) is 0 Å². The van der Waals surface area contributed by atoms with Crippen molar-refractivity contribution in [3.8, 4) is 22.3 Å². The highest BCUT2D eigenvalue weighted by atomic mass is 14.7. The molecule has 0 saturated carbocycles. The molecule has 0 spiro atoms. The van der Waals surface area contributed by atoms with E-state index in [2.05, 4.69) is 107 Å². The molecule has 0 bridgehead atoms. The van der Waals surface area contributed by atoms with Crippen LogP contribution in [-0.4, -0.2) is 4.98 Å². The third-order valence-electron chi connectivity index (χ3n) is 6.56. The zero-order valence-corrected chi connectivity index (χ0v) is 19.3. The Hall–Kier alpha value is -3.32. The lowest BCUT2D eigenvalue weighted by Crippen LogP contribution is -1.97. The van der Waals surface area contributed by atoms with Crippen LogP contribution < -0.4 is 0 Å². The zero-order chi connectivity index (χ0) is 21.9. The minimum absolute atomic E-state index is 1.19. The van der Waals surface area contributed by atoms with Crippen LogP contribution >= 0.6 is 0 Å². The first-order valence-electron chi connectivity index (χ1n) is 11.0. The number of benzene rings is 4. The Morgan fingerprint density at radius 3 is 1.68 bits per heavy atom. The van der Waals surface area contributed by atoms with Crippen LogP contribution in [0.15, 0.2) is 60.7 Å². The maximum absolute atomic E-state index is 3.77. The SMILES string of the molecule is Cc1cc(C)c(-c2ccc3c([nH]c4ccccc43)c2-c2c(C)cc(C)cc2C)c(C)c1. The summed E-state index contributed by atoms with van der Waals surface area (Å²) in [7, 11) is 0. The Kier molecular flexibility index (Phi) is 4.51. The van der Waals surface area contributed by atoms with Crippen molar-refractivity contribution in [2.45, 2.75) is 41.5 Å². The average Bonchev–Trinajstić information content (AvgIpc) is 3.06. The average molecular weight is 404 g/mol. The number of H-pyrrole nitrogens is 1. The summed E-state index contributed by atoms with van der Waals surface area (Å²) < 4.78 is 0. The summed E-state index contributed by atoms with van der Waals surface area (Å²) >= 11 is 0. The minimum atomic E-state index is 1.19. The van der Waals surface area contributed by atoms with Crippen molar-refractivity contribution in [2.75, 3.05) is 0 Å². The predicted molar refractivity (Wildman–Crippen MR) is 135 cm³/mol. The van der Waals surface area contributed by atoms with Gasteiger partial charge in [0.05, 0.1) is 5.52 Å². The number of rotatable bonds is 2. The molecule has 0 amide bonds. The van der Waals surface area contributed by atoms with Gasteiger partial charge in [0, 0.05) is 21.9 Å². The predicted octanol–water partition coefficient (Wildman–Crippen LogP) is 8.51. The van der Waals surface area contributed by atoms with E-state index in [4.69, 9.17) is 0 Å². The van der Waals surface area contributed by atoms with Crippen LogP contribution in [0.25, 0.3) is 44.1 Å². The van der Waals surface area contributed by atoms with Gasteiger partial charge in [-0.3, -0.25) is 0 Å². The molecule has 0 atom stereocenters. The number of hydrogen-bond acceptors (Lipinski definition) is 0. The fourth-order valence-electron chi connectivity index (χ4n) is 5.57. The topological polar surface area (TPSA) is 15.8 Å². The van der Waals surface area contributed by atoms with Crippen molar-refractivity contribution in [2.24, 2.45) is 0 Å². The number of para-hydroxylation sites is 1. The molecule has 154 valence electrons. The second kappa shape index (κ2) is 7.13. The minimum Gasteiger partial charge on any atom is -0.354 e. The molecule has 4 aromatic carbocycles. The van der Waals surface area contributed by atoms with E-state index < -0.39 is 0 Å². The summed E-state index contributed by atoms with van der Waals surface area (Å²) in [6.45, 7) is 13.3. The normalized spacial score (nSPS) is 11.5. The fraction of sp³-hybridized carbons (Fsp3) is 0.200. The van der Waals surface area contributed by atoms with Crippen molar-refractivity contribution in [3.63, 3.8) is 0 Å². The van der Waals surface area contributed by atoms with Gasteiger partial charge in [-0.05, 0) is 86.6 Å². The van der Waals surface area contributed by atoms with Crippen LogP contribution in [0.3, 0.4) is 0 Å². The van der Waals surface area contributed by atoms with Crippen molar-refractivity contribution in [3.05, 3.63) is 94.0 Å². The number of aromatic amines is 1. The maximum Gasteiger partial charge on any atom is 0.0551 e. The molecule has 1 heteroatoms. The smallest absolute Gasteiger partial charge is 0.0551 e. The van der Waals surface area contributed by atoms with Gasteiger partial charge in [-0.25, -0.2) is 0 Å². The van der Waals surface area contributed by atoms with E-state index in [9.17, 15) is 0 Å². The molecule has 1 heterocycles. The Labute approximate surface area is 184 Å². The van der Waals surface area contributed by atoms with E-state index in [0.29, 0.717) is 0 Å². The fourth-order valence-corrected chi connectivity index (χ4v) is 5.57. The summed E-state index contributed by atoms with van der Waals surface area (Å²) in [5.74, 6) is 0. The first kappa shape index (κ1) is 19.6. The van der Waals surface area contributed by atoms with E-state index in [0.717, 1.165) is 0 Å². The Morgan fingerprint density at radius 1 is 0.516 bits per heavy atom. The summed E-state index contributed by atoms with van der Waals surface area (Å²) in [5.41, 5.74) is 15.7. The number of aryl methyl sites for hydroxylation is 6. The van der Waals surface area contributed by atoms with E-state index in [1.54, 1.807) is 0 Å². The number of fused-ring (bicyclic) bond motifs is 3. The van der Waals surface area contributed by atoms with Gasteiger partial charge in [0.15, 0.2) is 0 Å². The van der Waals surface area contributed by atoms with E-state index in [-0.39, 0.29) is 0 Å². The number of nitrogens with one attached hydrogen (secondary N) is 1. The van der Waals surface area contributed by atoms with Gasteiger partial charge in [-0.2, -0.15) is 0 Å². The quantitative estimate of drug-likeness (QED) is 0.304. The monoisotopic (exact) mass is 403 g/mol. The lowest BCUT2D eigenvalue weighted by Gasteiger charge is -2.20. The Bertz CT molecular complexity index is 1430. The third-order valence-corrected chi connectivity index (χ3v) is 6.56. The van der Waals surface area contributed by atoms with Crippen LogP contribution in [0.2, 0.25) is 0 Å².